The van der Waals surface area contributed by atoms with Gasteiger partial charge in [-0.2, -0.15) is 0 Å². The number of piperidine rings is 1. The Kier molecular flexibility index (Phi) is 2.85. The van der Waals surface area contributed by atoms with Crippen LogP contribution in [0.4, 0.5) is 11.4 Å². The number of hydrogen-bond acceptors (Lipinski definition) is 2. The van der Waals surface area contributed by atoms with Crippen LogP contribution in [-0.2, 0) is 0 Å². The van der Waals surface area contributed by atoms with E-state index in [9.17, 15) is 0 Å². The molecule has 2 atom stereocenters. The largest absolute Gasteiger partial charge is 0.399 e. The summed E-state index contributed by atoms with van der Waals surface area (Å²) in [5.41, 5.74) is 7.85. The van der Waals surface area contributed by atoms with E-state index in [4.69, 9.17) is 5.73 Å². The Morgan fingerprint density at radius 2 is 1.87 bits per heavy atom. The lowest BCUT2D eigenvalue weighted by atomic mass is 9.91. The number of nitrogens with zero attached hydrogens (tertiary/aromatic N) is 1. The van der Waals surface area contributed by atoms with Crippen LogP contribution in [0.15, 0.2) is 24.3 Å². The minimum absolute atomic E-state index is 0.641. The Morgan fingerprint density at radius 1 is 1.20 bits per heavy atom. The van der Waals surface area contributed by atoms with Crippen LogP contribution in [0.3, 0.4) is 0 Å². The topological polar surface area (TPSA) is 29.3 Å². The van der Waals surface area contributed by atoms with Crippen LogP contribution in [-0.4, -0.2) is 12.6 Å². The summed E-state index contributed by atoms with van der Waals surface area (Å²) in [5, 5.41) is 0. The van der Waals surface area contributed by atoms with Gasteiger partial charge in [0.05, 0.1) is 0 Å². The van der Waals surface area contributed by atoms with Crippen LogP contribution in [0.5, 0.6) is 0 Å². The third-order valence-electron chi connectivity index (χ3n) is 3.60. The number of nitrogens with two attached hydrogens (primary N) is 1. The fourth-order valence-electron chi connectivity index (χ4n) is 2.37. The lowest BCUT2D eigenvalue weighted by Gasteiger charge is -2.39. The molecule has 1 saturated heterocycles. The van der Waals surface area contributed by atoms with Gasteiger partial charge in [-0.3, -0.25) is 0 Å². The van der Waals surface area contributed by atoms with Crippen molar-refractivity contribution < 1.29 is 0 Å². The molecule has 0 amide bonds. The van der Waals surface area contributed by atoms with Crippen molar-refractivity contribution in [1.82, 2.24) is 0 Å². The predicted molar refractivity (Wildman–Crippen MR) is 66.1 cm³/mol. The van der Waals surface area contributed by atoms with E-state index in [-0.39, 0.29) is 0 Å². The highest BCUT2D eigenvalue weighted by Gasteiger charge is 2.24. The second-order valence-corrected chi connectivity index (χ2v) is 4.65. The van der Waals surface area contributed by atoms with Gasteiger partial charge in [0.1, 0.15) is 0 Å². The normalized spacial score (nSPS) is 26.7. The molecule has 0 saturated carbocycles. The highest BCUT2D eigenvalue weighted by atomic mass is 15.2. The molecule has 1 aliphatic rings. The maximum absolute atomic E-state index is 5.70. The van der Waals surface area contributed by atoms with Crippen molar-refractivity contribution in [2.24, 2.45) is 5.92 Å². The van der Waals surface area contributed by atoms with Crippen molar-refractivity contribution in [3.63, 3.8) is 0 Å². The van der Waals surface area contributed by atoms with Gasteiger partial charge in [0, 0.05) is 24.0 Å². The second kappa shape index (κ2) is 4.13. The van der Waals surface area contributed by atoms with Crippen molar-refractivity contribution in [2.45, 2.75) is 32.7 Å². The van der Waals surface area contributed by atoms with Gasteiger partial charge in [0.15, 0.2) is 0 Å². The molecule has 0 aromatic heterocycles. The summed E-state index contributed by atoms with van der Waals surface area (Å²) in [7, 11) is 0. The quantitative estimate of drug-likeness (QED) is 0.713. The summed E-state index contributed by atoms with van der Waals surface area (Å²) in [6, 6.07) is 8.87. The zero-order chi connectivity index (χ0) is 10.8. The van der Waals surface area contributed by atoms with Crippen molar-refractivity contribution >= 4 is 11.4 Å². The van der Waals surface area contributed by atoms with Crippen LogP contribution in [0, 0.1) is 5.92 Å². The van der Waals surface area contributed by atoms with Crippen molar-refractivity contribution in [3.8, 4) is 0 Å². The summed E-state index contributed by atoms with van der Waals surface area (Å²) < 4.78 is 0. The standard InChI is InChI=1S/C13H20N2/c1-10-4-3-9-15(11(10)2)13-7-5-12(14)6-8-13/h5-8,10-11H,3-4,9,14H2,1-2H3. The molecule has 2 heteroatoms. The smallest absolute Gasteiger partial charge is 0.0370 e. The molecule has 1 heterocycles. The van der Waals surface area contributed by atoms with Gasteiger partial charge in [-0.15, -0.1) is 0 Å². The Labute approximate surface area is 92.1 Å². The Morgan fingerprint density at radius 3 is 2.53 bits per heavy atom. The third-order valence-corrected chi connectivity index (χ3v) is 3.60. The molecule has 2 rings (SSSR count). The molecule has 0 bridgehead atoms. The van der Waals surface area contributed by atoms with Crippen molar-refractivity contribution in [3.05, 3.63) is 24.3 Å². The van der Waals surface area contributed by atoms with Gasteiger partial charge in [0.2, 0.25) is 0 Å². The summed E-state index contributed by atoms with van der Waals surface area (Å²) in [6.07, 6.45) is 2.66. The maximum atomic E-state index is 5.70. The minimum Gasteiger partial charge on any atom is -0.399 e. The average molecular weight is 204 g/mol. The monoisotopic (exact) mass is 204 g/mol. The predicted octanol–water partition coefficient (Wildman–Crippen LogP) is 2.89. The fourth-order valence-corrected chi connectivity index (χ4v) is 2.37. The van der Waals surface area contributed by atoms with E-state index in [1.807, 2.05) is 12.1 Å². The number of benzene rings is 1. The molecule has 2 nitrogen and oxygen atoms in total. The summed E-state index contributed by atoms with van der Waals surface area (Å²) in [5.74, 6) is 0.788. The molecule has 2 N–H and O–H groups in total. The molecule has 2 unspecified atom stereocenters. The van der Waals surface area contributed by atoms with Gasteiger partial charge in [-0.05, 0) is 49.9 Å². The van der Waals surface area contributed by atoms with Crippen LogP contribution >= 0.6 is 0 Å². The first-order valence-corrected chi connectivity index (χ1v) is 5.80. The molecule has 0 spiro atoms. The SMILES string of the molecule is CC1CCCN(c2ccc(N)cc2)C1C. The van der Waals surface area contributed by atoms with E-state index >= 15 is 0 Å². The van der Waals surface area contributed by atoms with Crippen molar-refractivity contribution in [2.75, 3.05) is 17.2 Å². The number of hydrogen-bond donors (Lipinski definition) is 1. The molecule has 82 valence electrons. The Balaban J connectivity index is 2.18. The van der Waals surface area contributed by atoms with Gasteiger partial charge < -0.3 is 10.6 Å². The molecular formula is C13H20N2. The average Bonchev–Trinajstić information content (AvgIpc) is 2.24. The first-order chi connectivity index (χ1) is 7.18. The molecule has 1 aromatic carbocycles. The first kappa shape index (κ1) is 10.3. The van der Waals surface area contributed by atoms with Gasteiger partial charge in [-0.1, -0.05) is 6.92 Å². The highest BCUT2D eigenvalue weighted by Crippen LogP contribution is 2.28. The van der Waals surface area contributed by atoms with Crippen LogP contribution in [0.2, 0.25) is 0 Å². The van der Waals surface area contributed by atoms with E-state index in [2.05, 4.69) is 30.9 Å². The van der Waals surface area contributed by atoms with E-state index in [1.165, 1.54) is 25.1 Å². The van der Waals surface area contributed by atoms with E-state index in [0.717, 1.165) is 11.6 Å². The Bertz CT molecular complexity index is 318. The van der Waals surface area contributed by atoms with E-state index in [1.54, 1.807) is 0 Å². The highest BCUT2D eigenvalue weighted by molar-refractivity contribution is 5.53. The zero-order valence-electron chi connectivity index (χ0n) is 9.61. The fraction of sp³-hybridized carbons (Fsp3) is 0.538. The Hall–Kier alpha value is -1.18. The second-order valence-electron chi connectivity index (χ2n) is 4.65. The van der Waals surface area contributed by atoms with Crippen LogP contribution in [0.1, 0.15) is 26.7 Å². The van der Waals surface area contributed by atoms with E-state index in [0.29, 0.717) is 6.04 Å². The van der Waals surface area contributed by atoms with Gasteiger partial charge >= 0.3 is 0 Å². The molecule has 0 aliphatic carbocycles. The molecule has 0 radical (unpaired) electrons. The minimum atomic E-state index is 0.641. The van der Waals surface area contributed by atoms with Gasteiger partial charge in [0.25, 0.3) is 0 Å². The molecule has 1 aliphatic heterocycles. The van der Waals surface area contributed by atoms with E-state index < -0.39 is 0 Å². The zero-order valence-corrected chi connectivity index (χ0v) is 9.61. The first-order valence-electron chi connectivity index (χ1n) is 5.80. The molecular weight excluding hydrogens is 184 g/mol. The van der Waals surface area contributed by atoms with Crippen LogP contribution in [0.25, 0.3) is 0 Å². The lowest BCUT2D eigenvalue weighted by molar-refractivity contribution is 0.363. The van der Waals surface area contributed by atoms with Crippen molar-refractivity contribution in [1.29, 1.82) is 0 Å². The number of nitrogen functional groups attached to an aromatic ring is 1. The van der Waals surface area contributed by atoms with Crippen LogP contribution < -0.4 is 10.6 Å². The molecule has 1 aromatic rings. The summed E-state index contributed by atoms with van der Waals surface area (Å²) >= 11 is 0. The summed E-state index contributed by atoms with van der Waals surface area (Å²) in [6.45, 7) is 5.84. The lowest BCUT2D eigenvalue weighted by Crippen LogP contribution is -2.42. The third kappa shape index (κ3) is 2.09. The summed E-state index contributed by atoms with van der Waals surface area (Å²) in [4.78, 5) is 2.49. The molecule has 15 heavy (non-hydrogen) atoms. The molecule has 1 fully saturated rings. The maximum Gasteiger partial charge on any atom is 0.0370 e. The number of anilines is 2. The number of rotatable bonds is 1. The van der Waals surface area contributed by atoms with Gasteiger partial charge in [-0.25, -0.2) is 0 Å².